The van der Waals surface area contributed by atoms with Crippen LogP contribution in [0.3, 0.4) is 0 Å². The predicted octanol–water partition coefficient (Wildman–Crippen LogP) is 2.96. The third kappa shape index (κ3) is 2.67. The Morgan fingerprint density at radius 1 is 1.41 bits per heavy atom. The minimum atomic E-state index is -0.177. The number of rotatable bonds is 5. The lowest BCUT2D eigenvalue weighted by Gasteiger charge is -2.08. The molecule has 3 heteroatoms. The third-order valence-corrected chi connectivity index (χ3v) is 3.31. The maximum Gasteiger partial charge on any atom is 0.0645 e. The van der Waals surface area contributed by atoms with Crippen LogP contribution < -0.4 is 0 Å². The maximum atomic E-state index is 9.75. The highest BCUT2D eigenvalue weighted by Gasteiger charge is 2.09. The molecule has 3 nitrogen and oxygen atoms in total. The van der Waals surface area contributed by atoms with Gasteiger partial charge < -0.3 is 10.1 Å². The molecule has 0 aliphatic heterocycles. The Kier molecular flexibility index (Phi) is 3.79. The minimum absolute atomic E-state index is 0.177. The predicted molar refractivity (Wildman–Crippen MR) is 70.1 cm³/mol. The van der Waals surface area contributed by atoms with Crippen LogP contribution >= 0.6 is 0 Å². The molecule has 1 atom stereocenters. The van der Waals surface area contributed by atoms with Crippen molar-refractivity contribution in [3.63, 3.8) is 0 Å². The van der Waals surface area contributed by atoms with E-state index in [1.165, 1.54) is 16.6 Å². The molecule has 2 aromatic rings. The normalized spacial score (nSPS) is 13.1. The number of nitrogens with zero attached hydrogens (tertiary/aromatic N) is 1. The van der Waals surface area contributed by atoms with E-state index in [0.717, 1.165) is 31.2 Å². The lowest BCUT2D eigenvalue weighted by atomic mass is 10.1. The zero-order valence-corrected chi connectivity index (χ0v) is 10.5. The molecule has 0 aliphatic carbocycles. The van der Waals surface area contributed by atoms with Crippen LogP contribution in [0.25, 0.3) is 10.9 Å². The van der Waals surface area contributed by atoms with E-state index in [2.05, 4.69) is 23.8 Å². The van der Waals surface area contributed by atoms with Gasteiger partial charge in [-0.1, -0.05) is 13.3 Å². The Balaban J connectivity index is 2.11. The second-order valence-electron chi connectivity index (χ2n) is 4.63. The SMILES string of the molecule is CCCC(O)CCc1[nH]c2cnccc2c1C. The van der Waals surface area contributed by atoms with E-state index in [9.17, 15) is 5.11 Å². The Hall–Kier alpha value is -1.35. The lowest BCUT2D eigenvalue weighted by molar-refractivity contribution is 0.153. The average molecular weight is 232 g/mol. The first-order valence-corrected chi connectivity index (χ1v) is 6.31. The molecule has 1 unspecified atom stereocenters. The molecule has 2 aromatic heterocycles. The van der Waals surface area contributed by atoms with Gasteiger partial charge in [0.2, 0.25) is 0 Å². The highest BCUT2D eigenvalue weighted by molar-refractivity contribution is 5.83. The molecule has 17 heavy (non-hydrogen) atoms. The summed E-state index contributed by atoms with van der Waals surface area (Å²) < 4.78 is 0. The molecule has 0 amide bonds. The zero-order chi connectivity index (χ0) is 12.3. The van der Waals surface area contributed by atoms with Gasteiger partial charge in [-0.3, -0.25) is 4.98 Å². The summed E-state index contributed by atoms with van der Waals surface area (Å²) >= 11 is 0. The molecule has 0 bridgehead atoms. The largest absolute Gasteiger partial charge is 0.393 e. The molecule has 0 fully saturated rings. The molecule has 2 heterocycles. The number of nitrogens with one attached hydrogen (secondary N) is 1. The van der Waals surface area contributed by atoms with Crippen LogP contribution in [-0.4, -0.2) is 21.2 Å². The van der Waals surface area contributed by atoms with E-state index in [1.807, 2.05) is 18.5 Å². The van der Waals surface area contributed by atoms with Gasteiger partial charge in [0.1, 0.15) is 0 Å². The maximum absolute atomic E-state index is 9.75. The topological polar surface area (TPSA) is 48.9 Å². The summed E-state index contributed by atoms with van der Waals surface area (Å²) in [7, 11) is 0. The number of aromatic nitrogens is 2. The van der Waals surface area contributed by atoms with E-state index in [4.69, 9.17) is 0 Å². The fourth-order valence-electron chi connectivity index (χ4n) is 2.28. The molecule has 2 N–H and O–H groups in total. The lowest BCUT2D eigenvalue weighted by Crippen LogP contribution is -2.07. The first kappa shape index (κ1) is 12.1. The first-order chi connectivity index (χ1) is 8.22. The number of aliphatic hydroxyl groups excluding tert-OH is 1. The minimum Gasteiger partial charge on any atom is -0.393 e. The van der Waals surface area contributed by atoms with E-state index >= 15 is 0 Å². The van der Waals surface area contributed by atoms with Crippen molar-refractivity contribution in [2.24, 2.45) is 0 Å². The van der Waals surface area contributed by atoms with Crippen LogP contribution in [0.2, 0.25) is 0 Å². The monoisotopic (exact) mass is 232 g/mol. The fraction of sp³-hybridized carbons (Fsp3) is 0.500. The Bertz CT molecular complexity index is 490. The fourth-order valence-corrected chi connectivity index (χ4v) is 2.28. The Morgan fingerprint density at radius 2 is 2.24 bits per heavy atom. The van der Waals surface area contributed by atoms with Crippen molar-refractivity contribution >= 4 is 10.9 Å². The van der Waals surface area contributed by atoms with Crippen molar-refractivity contribution in [2.45, 2.75) is 45.6 Å². The van der Waals surface area contributed by atoms with Gasteiger partial charge in [0.25, 0.3) is 0 Å². The number of aryl methyl sites for hydroxylation is 2. The van der Waals surface area contributed by atoms with Crippen molar-refractivity contribution in [3.8, 4) is 0 Å². The van der Waals surface area contributed by atoms with Gasteiger partial charge in [-0.05, 0) is 37.8 Å². The van der Waals surface area contributed by atoms with Crippen LogP contribution in [0.4, 0.5) is 0 Å². The average Bonchev–Trinajstić information content (AvgIpc) is 2.65. The molecule has 0 aliphatic rings. The number of fused-ring (bicyclic) bond motifs is 1. The molecule has 92 valence electrons. The van der Waals surface area contributed by atoms with Crippen molar-refractivity contribution in [1.29, 1.82) is 0 Å². The smallest absolute Gasteiger partial charge is 0.0645 e. The highest BCUT2D eigenvalue weighted by Crippen LogP contribution is 2.22. The molecule has 2 rings (SSSR count). The summed E-state index contributed by atoms with van der Waals surface area (Å²) in [5, 5.41) is 11.0. The number of aromatic amines is 1. The number of aliphatic hydroxyl groups is 1. The van der Waals surface area contributed by atoms with Crippen LogP contribution in [0.1, 0.15) is 37.4 Å². The van der Waals surface area contributed by atoms with E-state index in [-0.39, 0.29) is 6.10 Å². The summed E-state index contributed by atoms with van der Waals surface area (Å²) in [5.41, 5.74) is 3.60. The number of hydrogen-bond donors (Lipinski definition) is 2. The molecular weight excluding hydrogens is 212 g/mol. The standard InChI is InChI=1S/C14H20N2O/c1-3-4-11(17)5-6-13-10(2)12-7-8-15-9-14(12)16-13/h7-9,11,16-17H,3-6H2,1-2H3. The van der Waals surface area contributed by atoms with Crippen molar-refractivity contribution < 1.29 is 5.11 Å². The van der Waals surface area contributed by atoms with Crippen molar-refractivity contribution in [1.82, 2.24) is 9.97 Å². The number of hydrogen-bond acceptors (Lipinski definition) is 2. The van der Waals surface area contributed by atoms with Gasteiger partial charge in [-0.2, -0.15) is 0 Å². The van der Waals surface area contributed by atoms with E-state index in [0.29, 0.717) is 0 Å². The summed E-state index contributed by atoms with van der Waals surface area (Å²) in [4.78, 5) is 7.50. The third-order valence-electron chi connectivity index (χ3n) is 3.31. The molecule has 0 saturated carbocycles. The quantitative estimate of drug-likeness (QED) is 0.832. The van der Waals surface area contributed by atoms with Crippen LogP contribution in [0.5, 0.6) is 0 Å². The van der Waals surface area contributed by atoms with Gasteiger partial charge in [-0.25, -0.2) is 0 Å². The van der Waals surface area contributed by atoms with E-state index in [1.54, 1.807) is 0 Å². The van der Waals surface area contributed by atoms with Gasteiger partial charge in [0, 0.05) is 17.3 Å². The second kappa shape index (κ2) is 5.32. The zero-order valence-electron chi connectivity index (χ0n) is 10.5. The number of pyridine rings is 1. The molecule has 0 saturated heterocycles. The molecule has 0 spiro atoms. The van der Waals surface area contributed by atoms with Crippen LogP contribution in [0.15, 0.2) is 18.5 Å². The van der Waals surface area contributed by atoms with Crippen LogP contribution in [-0.2, 0) is 6.42 Å². The summed E-state index contributed by atoms with van der Waals surface area (Å²) in [6.07, 6.45) is 7.16. The Labute approximate surface area is 102 Å². The van der Waals surface area contributed by atoms with Gasteiger partial charge in [-0.15, -0.1) is 0 Å². The second-order valence-corrected chi connectivity index (χ2v) is 4.63. The molecule has 0 aromatic carbocycles. The summed E-state index contributed by atoms with van der Waals surface area (Å²) in [5.74, 6) is 0. The molecular formula is C14H20N2O. The summed E-state index contributed by atoms with van der Waals surface area (Å²) in [6.45, 7) is 4.23. The highest BCUT2D eigenvalue weighted by atomic mass is 16.3. The Morgan fingerprint density at radius 3 is 2.94 bits per heavy atom. The van der Waals surface area contributed by atoms with Crippen LogP contribution in [0, 0.1) is 6.92 Å². The molecule has 0 radical (unpaired) electrons. The first-order valence-electron chi connectivity index (χ1n) is 6.31. The van der Waals surface area contributed by atoms with Crippen molar-refractivity contribution in [2.75, 3.05) is 0 Å². The number of H-pyrrole nitrogens is 1. The van der Waals surface area contributed by atoms with Gasteiger partial charge >= 0.3 is 0 Å². The van der Waals surface area contributed by atoms with E-state index < -0.39 is 0 Å². The van der Waals surface area contributed by atoms with Gasteiger partial charge in [0.15, 0.2) is 0 Å². The van der Waals surface area contributed by atoms with Gasteiger partial charge in [0.05, 0.1) is 17.8 Å². The summed E-state index contributed by atoms with van der Waals surface area (Å²) in [6, 6.07) is 2.03. The van der Waals surface area contributed by atoms with Crippen molar-refractivity contribution in [3.05, 3.63) is 29.7 Å².